The van der Waals surface area contributed by atoms with Gasteiger partial charge in [0.2, 0.25) is 10.3 Å². The Bertz CT molecular complexity index is 1370. The molecule has 8 N–H and O–H groups in total. The maximum absolute atomic E-state index is 10.5. The van der Waals surface area contributed by atoms with E-state index in [0.29, 0.717) is 44.7 Å². The first kappa shape index (κ1) is 24.9. The Morgan fingerprint density at radius 3 is 1.54 bits per heavy atom. The topological polar surface area (TPSA) is 245 Å². The van der Waals surface area contributed by atoms with Crippen LogP contribution in [0.2, 0.25) is 0 Å². The minimum Gasteiger partial charge on any atom is -0.382 e. The Labute approximate surface area is 217 Å². The molecule has 37 heavy (non-hydrogen) atoms. The number of azo groups is 2. The van der Waals surface area contributed by atoms with E-state index in [0.717, 1.165) is 23.1 Å². The number of hydrogen-bond acceptors (Lipinski definition) is 18. The third kappa shape index (κ3) is 5.05. The van der Waals surface area contributed by atoms with E-state index in [1.54, 1.807) is 27.7 Å². The van der Waals surface area contributed by atoms with Crippen LogP contribution in [0.5, 0.6) is 0 Å². The van der Waals surface area contributed by atoms with Gasteiger partial charge in [0.1, 0.15) is 11.6 Å². The summed E-state index contributed by atoms with van der Waals surface area (Å²) in [6, 6.07) is 0. The number of aromatic nitrogens is 8. The highest BCUT2D eigenvalue weighted by Gasteiger charge is 2.32. The number of hydrogen-bond donors (Lipinski definition) is 6. The van der Waals surface area contributed by atoms with E-state index >= 15 is 0 Å². The molecule has 0 saturated carbocycles. The van der Waals surface area contributed by atoms with E-state index in [4.69, 9.17) is 11.5 Å². The molecule has 0 amide bonds. The number of nitrogen functional groups attached to an aromatic ring is 2. The molecular weight excluding hydrogens is 522 g/mol. The van der Waals surface area contributed by atoms with Gasteiger partial charge in [-0.15, -0.1) is 20.5 Å². The molecule has 4 aromatic heterocycles. The van der Waals surface area contributed by atoms with Gasteiger partial charge >= 0.3 is 0 Å². The number of aryl methyl sites for hydroxylation is 4. The first-order valence-corrected chi connectivity index (χ1v) is 12.3. The first-order valence-electron chi connectivity index (χ1n) is 10.8. The highest BCUT2D eigenvalue weighted by Crippen LogP contribution is 2.33. The van der Waals surface area contributed by atoms with E-state index in [1.807, 2.05) is 0 Å². The Hall–Kier alpha value is -3.82. The number of aliphatic hydroxyl groups excluding tert-OH is 1. The summed E-state index contributed by atoms with van der Waals surface area (Å²) in [6.45, 7) is 7.02. The number of nitrogens with one attached hydrogen (secondary N) is 3. The van der Waals surface area contributed by atoms with Gasteiger partial charge in [0.15, 0.2) is 41.9 Å². The van der Waals surface area contributed by atoms with Crippen LogP contribution in [0.25, 0.3) is 0 Å². The summed E-state index contributed by atoms with van der Waals surface area (Å²) >= 11 is 2.25. The molecule has 4 aromatic rings. The van der Waals surface area contributed by atoms with Gasteiger partial charge < -0.3 is 16.6 Å². The lowest BCUT2D eigenvalue weighted by atomic mass is 10.4. The van der Waals surface area contributed by atoms with Crippen LogP contribution in [0.3, 0.4) is 0 Å². The molecule has 2 atom stereocenters. The molecule has 0 aliphatic carbocycles. The van der Waals surface area contributed by atoms with Crippen molar-refractivity contribution < 1.29 is 5.11 Å². The van der Waals surface area contributed by atoms with E-state index in [2.05, 4.69) is 65.3 Å². The predicted octanol–water partition coefficient (Wildman–Crippen LogP) is 1.68. The summed E-state index contributed by atoms with van der Waals surface area (Å²) in [4.78, 5) is 8.31. The molecule has 5 rings (SSSR count). The second-order valence-corrected chi connectivity index (χ2v) is 9.34. The van der Waals surface area contributed by atoms with Gasteiger partial charge in [0.25, 0.3) is 0 Å². The van der Waals surface area contributed by atoms with Crippen LogP contribution in [0.15, 0.2) is 20.5 Å². The second kappa shape index (κ2) is 9.91. The molecule has 0 radical (unpaired) electrons. The van der Waals surface area contributed by atoms with Crippen LogP contribution in [0.4, 0.5) is 33.3 Å². The predicted molar refractivity (Wildman–Crippen MR) is 134 cm³/mol. The SMILES string of the molecule is Cc1nsc(N=Nc2c(C)nn(C3NC(O)NC(n4nc(C)c(N=Nc5nc(C)ns5)c4N)N3)c2N)n1. The number of rotatable bonds is 6. The maximum atomic E-state index is 10.5. The van der Waals surface area contributed by atoms with Crippen molar-refractivity contribution in [1.29, 1.82) is 0 Å². The summed E-state index contributed by atoms with van der Waals surface area (Å²) < 4.78 is 11.0. The number of nitrogens with two attached hydrogens (primary N) is 2. The van der Waals surface area contributed by atoms with Crippen LogP contribution >= 0.6 is 23.1 Å². The molecule has 1 saturated heterocycles. The van der Waals surface area contributed by atoms with Gasteiger partial charge in [-0.05, 0) is 27.7 Å². The van der Waals surface area contributed by atoms with Gasteiger partial charge in [0.05, 0.1) is 11.4 Å². The smallest absolute Gasteiger partial charge is 0.249 e. The summed E-state index contributed by atoms with van der Waals surface area (Å²) in [5.74, 6) is 1.64. The van der Waals surface area contributed by atoms with Gasteiger partial charge in [-0.1, -0.05) is 0 Å². The van der Waals surface area contributed by atoms with Crippen molar-refractivity contribution in [2.75, 3.05) is 11.5 Å². The van der Waals surface area contributed by atoms with Crippen molar-refractivity contribution in [3.05, 3.63) is 23.0 Å². The first-order chi connectivity index (χ1) is 17.7. The molecule has 1 aliphatic rings. The second-order valence-electron chi connectivity index (χ2n) is 7.88. The van der Waals surface area contributed by atoms with Crippen molar-refractivity contribution in [2.45, 2.75) is 46.6 Å². The maximum Gasteiger partial charge on any atom is 0.249 e. The van der Waals surface area contributed by atoms with Gasteiger partial charge in [-0.3, -0.25) is 0 Å². The van der Waals surface area contributed by atoms with Crippen molar-refractivity contribution in [3.8, 4) is 0 Å². The lowest BCUT2D eigenvalue weighted by molar-refractivity contribution is -0.0162. The van der Waals surface area contributed by atoms with Crippen molar-refractivity contribution in [1.82, 2.24) is 54.2 Å². The van der Waals surface area contributed by atoms with E-state index in [1.165, 1.54) is 9.36 Å². The molecule has 18 nitrogen and oxygen atoms in total. The zero-order valence-electron chi connectivity index (χ0n) is 20.0. The normalized spacial score (nSPS) is 20.5. The van der Waals surface area contributed by atoms with Crippen molar-refractivity contribution >= 4 is 56.3 Å². The standard InChI is InChI=1S/C17H23N17OS2/c1-5-9(25-27-16-20-7(3)31-36-16)11(18)33(29-5)13-22-14(24-15(35)23-13)34-12(19)10(6(2)30-34)26-28-17-21-8(4)32-37-17/h13-15,22-24,35H,18-19H2,1-4H3. The van der Waals surface area contributed by atoms with Gasteiger partial charge in [-0.2, -0.15) is 18.9 Å². The van der Waals surface area contributed by atoms with E-state index in [-0.39, 0.29) is 11.6 Å². The number of anilines is 2. The van der Waals surface area contributed by atoms with Crippen molar-refractivity contribution in [2.24, 2.45) is 20.5 Å². The van der Waals surface area contributed by atoms with E-state index < -0.39 is 18.9 Å². The third-order valence-electron chi connectivity index (χ3n) is 5.12. The summed E-state index contributed by atoms with van der Waals surface area (Å²) in [5, 5.41) is 45.8. The Morgan fingerprint density at radius 1 is 0.730 bits per heavy atom. The van der Waals surface area contributed by atoms with Gasteiger partial charge in [0, 0.05) is 23.1 Å². The average Bonchev–Trinajstić information content (AvgIpc) is 3.59. The summed E-state index contributed by atoms with van der Waals surface area (Å²) in [6.07, 6.45) is -2.68. The number of aliphatic hydroxyl groups is 1. The van der Waals surface area contributed by atoms with Crippen LogP contribution in [-0.2, 0) is 0 Å². The fraction of sp³-hybridized carbons (Fsp3) is 0.412. The highest BCUT2D eigenvalue weighted by molar-refractivity contribution is 7.09. The Kier molecular flexibility index (Phi) is 6.66. The van der Waals surface area contributed by atoms with Crippen molar-refractivity contribution in [3.63, 3.8) is 0 Å². The highest BCUT2D eigenvalue weighted by atomic mass is 32.1. The van der Waals surface area contributed by atoms with E-state index in [9.17, 15) is 5.11 Å². The minimum absolute atomic E-state index is 0.215. The van der Waals surface area contributed by atoms with Crippen LogP contribution in [0, 0.1) is 27.7 Å². The third-order valence-corrected chi connectivity index (χ3v) is 6.50. The van der Waals surface area contributed by atoms with Crippen LogP contribution in [0.1, 0.15) is 35.6 Å². The minimum atomic E-state index is -1.16. The molecular formula is C17H23N17OS2. The fourth-order valence-corrected chi connectivity index (χ4v) is 4.48. The molecule has 5 heterocycles. The lowest BCUT2D eigenvalue weighted by Crippen LogP contribution is -2.62. The van der Waals surface area contributed by atoms with Crippen LogP contribution in [-0.4, -0.2) is 49.7 Å². The zero-order chi connectivity index (χ0) is 26.3. The largest absolute Gasteiger partial charge is 0.382 e. The molecule has 0 spiro atoms. The average molecular weight is 546 g/mol. The Morgan fingerprint density at radius 2 is 1.16 bits per heavy atom. The fourth-order valence-electron chi connectivity index (χ4n) is 3.47. The molecule has 1 fully saturated rings. The molecule has 2 unspecified atom stereocenters. The molecule has 0 aromatic carbocycles. The lowest BCUT2D eigenvalue weighted by Gasteiger charge is -2.36. The monoisotopic (exact) mass is 545 g/mol. The van der Waals surface area contributed by atoms with Crippen LogP contribution < -0.4 is 27.4 Å². The summed E-state index contributed by atoms with van der Waals surface area (Å²) in [5.41, 5.74) is 14.5. The quantitative estimate of drug-likeness (QED) is 0.189. The van der Waals surface area contributed by atoms with Gasteiger partial charge in [-0.25, -0.2) is 35.3 Å². The molecule has 194 valence electrons. The summed E-state index contributed by atoms with van der Waals surface area (Å²) in [7, 11) is 0. The Balaban J connectivity index is 1.39. The molecule has 1 aliphatic heterocycles. The molecule has 20 heteroatoms. The number of nitrogens with zero attached hydrogens (tertiary/aromatic N) is 12. The molecule has 0 bridgehead atoms. The zero-order valence-corrected chi connectivity index (χ0v) is 21.7.